The first kappa shape index (κ1) is 14.1. The minimum absolute atomic E-state index is 0.0250. The Bertz CT molecular complexity index is 606. The summed E-state index contributed by atoms with van der Waals surface area (Å²) in [7, 11) is -3.83. The monoisotopic (exact) mass is 305 g/mol. The maximum Gasteiger partial charge on any atom is 0.306 e. The van der Waals surface area contributed by atoms with Crippen molar-refractivity contribution in [1.29, 1.82) is 0 Å². The van der Waals surface area contributed by atoms with Gasteiger partial charge in [-0.3, -0.25) is 4.79 Å². The zero-order valence-electron chi connectivity index (χ0n) is 9.74. The van der Waals surface area contributed by atoms with Gasteiger partial charge in [-0.05, 0) is 36.6 Å². The number of nitrogens with one attached hydrogen (secondary N) is 1. The highest BCUT2D eigenvalue weighted by Crippen LogP contribution is 2.22. The molecular formula is C11H12ClNO5S. The predicted molar refractivity (Wildman–Crippen MR) is 67.3 cm³/mol. The smallest absolute Gasteiger partial charge is 0.306 e. The van der Waals surface area contributed by atoms with E-state index in [-0.39, 0.29) is 16.7 Å². The van der Waals surface area contributed by atoms with Gasteiger partial charge in [0.15, 0.2) is 5.22 Å². The molecule has 2 rings (SSSR count). The lowest BCUT2D eigenvalue weighted by Gasteiger charge is -2.22. The molecule has 0 unspecified atom stereocenters. The van der Waals surface area contributed by atoms with Crippen LogP contribution in [0.25, 0.3) is 0 Å². The largest absolute Gasteiger partial charge is 0.481 e. The molecule has 1 heterocycles. The van der Waals surface area contributed by atoms with Gasteiger partial charge >= 0.3 is 5.97 Å². The number of carboxylic acid groups (broad SMARTS) is 1. The topological polar surface area (TPSA) is 96.6 Å². The summed E-state index contributed by atoms with van der Waals surface area (Å²) < 4.78 is 31.1. The summed E-state index contributed by atoms with van der Waals surface area (Å²) in [6.07, 6.45) is 3.91. The van der Waals surface area contributed by atoms with Crippen LogP contribution in [0.5, 0.6) is 0 Å². The summed E-state index contributed by atoms with van der Waals surface area (Å²) in [5, 5.41) is 8.61. The van der Waals surface area contributed by atoms with Gasteiger partial charge in [-0.1, -0.05) is 12.2 Å². The highest BCUT2D eigenvalue weighted by molar-refractivity contribution is 7.89. The van der Waals surface area contributed by atoms with Gasteiger partial charge in [0, 0.05) is 6.04 Å². The van der Waals surface area contributed by atoms with Crippen molar-refractivity contribution in [2.45, 2.75) is 24.0 Å². The molecule has 19 heavy (non-hydrogen) atoms. The SMILES string of the molecule is O=C(O)[C@@H]1CC=C[C@@H](NS(=O)(=O)c2ccc(Cl)o2)C1. The average molecular weight is 306 g/mol. The summed E-state index contributed by atoms with van der Waals surface area (Å²) in [5.41, 5.74) is 0. The number of carbonyl (C=O) groups is 1. The molecular weight excluding hydrogens is 294 g/mol. The van der Waals surface area contributed by atoms with Crippen molar-refractivity contribution in [2.75, 3.05) is 0 Å². The molecule has 0 radical (unpaired) electrons. The van der Waals surface area contributed by atoms with Crippen molar-refractivity contribution in [3.8, 4) is 0 Å². The first-order chi connectivity index (χ1) is 8.88. The standard InChI is InChI=1S/C11H12ClNO5S/c12-9-4-5-10(18-9)19(16,17)13-8-3-1-2-7(6-8)11(14)15/h1,3-5,7-8,13H,2,6H2,(H,14,15)/t7-,8-/m1/s1. The number of carboxylic acids is 1. The van der Waals surface area contributed by atoms with Crippen LogP contribution in [-0.2, 0) is 14.8 Å². The molecule has 2 N–H and O–H groups in total. The van der Waals surface area contributed by atoms with Gasteiger partial charge in [-0.15, -0.1) is 0 Å². The van der Waals surface area contributed by atoms with E-state index in [1.807, 2.05) is 0 Å². The third-order valence-electron chi connectivity index (χ3n) is 2.80. The third-order valence-corrected chi connectivity index (χ3v) is 4.36. The number of sulfonamides is 1. The van der Waals surface area contributed by atoms with Crippen LogP contribution < -0.4 is 4.72 Å². The van der Waals surface area contributed by atoms with Crippen molar-refractivity contribution >= 4 is 27.6 Å². The van der Waals surface area contributed by atoms with Crippen LogP contribution in [0.2, 0.25) is 5.22 Å². The number of hydrogen-bond donors (Lipinski definition) is 2. The van der Waals surface area contributed by atoms with Crippen molar-refractivity contribution in [1.82, 2.24) is 4.72 Å². The fourth-order valence-corrected chi connectivity index (χ4v) is 3.20. The Hall–Kier alpha value is -1.31. The lowest BCUT2D eigenvalue weighted by molar-refractivity contribution is -0.142. The molecule has 1 aliphatic rings. The quantitative estimate of drug-likeness (QED) is 0.824. The van der Waals surface area contributed by atoms with Crippen molar-refractivity contribution < 1.29 is 22.7 Å². The van der Waals surface area contributed by atoms with Crippen LogP contribution in [0.15, 0.2) is 33.8 Å². The fraction of sp³-hybridized carbons (Fsp3) is 0.364. The van der Waals surface area contributed by atoms with Crippen molar-refractivity contribution in [2.24, 2.45) is 5.92 Å². The van der Waals surface area contributed by atoms with Crippen LogP contribution in [0, 0.1) is 5.92 Å². The normalized spacial score (nSPS) is 23.4. The first-order valence-electron chi connectivity index (χ1n) is 5.55. The summed E-state index contributed by atoms with van der Waals surface area (Å²) in [6, 6.07) is 2.00. The second kappa shape index (κ2) is 5.36. The number of allylic oxidation sites excluding steroid dienone is 1. The first-order valence-corrected chi connectivity index (χ1v) is 7.42. The molecule has 0 bridgehead atoms. The third kappa shape index (κ3) is 3.37. The van der Waals surface area contributed by atoms with Crippen LogP contribution in [0.3, 0.4) is 0 Å². The molecule has 0 saturated heterocycles. The van der Waals surface area contributed by atoms with Gasteiger partial charge in [-0.2, -0.15) is 0 Å². The van der Waals surface area contributed by atoms with E-state index in [0.717, 1.165) is 0 Å². The lowest BCUT2D eigenvalue weighted by atomic mass is 9.92. The maximum atomic E-state index is 11.9. The number of hydrogen-bond acceptors (Lipinski definition) is 4. The summed E-state index contributed by atoms with van der Waals surface area (Å²) >= 11 is 5.52. The molecule has 2 atom stereocenters. The Morgan fingerprint density at radius 3 is 2.79 bits per heavy atom. The minimum Gasteiger partial charge on any atom is -0.481 e. The molecule has 1 aromatic rings. The Labute approximate surface area is 115 Å². The van der Waals surface area contributed by atoms with Crippen LogP contribution >= 0.6 is 11.6 Å². The zero-order chi connectivity index (χ0) is 14.0. The second-order valence-electron chi connectivity index (χ2n) is 4.22. The van der Waals surface area contributed by atoms with E-state index < -0.39 is 28.0 Å². The van der Waals surface area contributed by atoms with Gasteiger partial charge in [0.1, 0.15) is 0 Å². The molecule has 0 fully saturated rings. The van der Waals surface area contributed by atoms with E-state index in [0.29, 0.717) is 6.42 Å². The van der Waals surface area contributed by atoms with Gasteiger partial charge in [0.2, 0.25) is 5.09 Å². The molecule has 0 spiro atoms. The van der Waals surface area contributed by atoms with E-state index in [1.165, 1.54) is 12.1 Å². The molecule has 0 aromatic carbocycles. The molecule has 0 saturated carbocycles. The second-order valence-corrected chi connectivity index (χ2v) is 6.24. The van der Waals surface area contributed by atoms with E-state index in [4.69, 9.17) is 21.1 Å². The predicted octanol–water partition coefficient (Wildman–Crippen LogP) is 1.63. The highest BCUT2D eigenvalue weighted by atomic mass is 35.5. The molecule has 8 heteroatoms. The van der Waals surface area contributed by atoms with Gasteiger partial charge in [0.25, 0.3) is 10.0 Å². The number of aliphatic carboxylic acids is 1. The van der Waals surface area contributed by atoms with Gasteiger partial charge in [0.05, 0.1) is 5.92 Å². The van der Waals surface area contributed by atoms with Crippen LogP contribution in [0.1, 0.15) is 12.8 Å². The minimum atomic E-state index is -3.83. The molecule has 1 aliphatic carbocycles. The van der Waals surface area contributed by atoms with Crippen LogP contribution in [0.4, 0.5) is 0 Å². The molecule has 0 amide bonds. The number of halogens is 1. The Morgan fingerprint density at radius 2 is 2.21 bits per heavy atom. The van der Waals surface area contributed by atoms with Crippen LogP contribution in [-0.4, -0.2) is 25.5 Å². The van der Waals surface area contributed by atoms with Crippen molar-refractivity contribution in [3.05, 3.63) is 29.5 Å². The Kier molecular flexibility index (Phi) is 3.98. The molecule has 6 nitrogen and oxygen atoms in total. The van der Waals surface area contributed by atoms with E-state index >= 15 is 0 Å². The summed E-state index contributed by atoms with van der Waals surface area (Å²) in [4.78, 5) is 10.9. The highest BCUT2D eigenvalue weighted by Gasteiger charge is 2.28. The van der Waals surface area contributed by atoms with Crippen molar-refractivity contribution in [3.63, 3.8) is 0 Å². The van der Waals surface area contributed by atoms with E-state index in [2.05, 4.69) is 4.72 Å². The number of furan rings is 1. The van der Waals surface area contributed by atoms with Gasteiger partial charge in [-0.25, -0.2) is 13.1 Å². The molecule has 1 aromatic heterocycles. The number of rotatable bonds is 4. The zero-order valence-corrected chi connectivity index (χ0v) is 11.3. The Balaban J connectivity index is 2.11. The molecule has 104 valence electrons. The van der Waals surface area contributed by atoms with E-state index in [1.54, 1.807) is 12.2 Å². The Morgan fingerprint density at radius 1 is 1.47 bits per heavy atom. The average Bonchev–Trinajstić information content (AvgIpc) is 2.76. The fourth-order valence-electron chi connectivity index (χ4n) is 1.88. The van der Waals surface area contributed by atoms with Gasteiger partial charge < -0.3 is 9.52 Å². The summed E-state index contributed by atoms with van der Waals surface area (Å²) in [6.45, 7) is 0. The van der Waals surface area contributed by atoms with E-state index in [9.17, 15) is 13.2 Å². The lowest BCUT2D eigenvalue weighted by Crippen LogP contribution is -2.37. The summed E-state index contributed by atoms with van der Waals surface area (Å²) in [5.74, 6) is -1.52. The molecule has 0 aliphatic heterocycles. The maximum absolute atomic E-state index is 11.9.